The van der Waals surface area contributed by atoms with Crippen LogP contribution >= 0.6 is 11.6 Å². The molecule has 0 aliphatic heterocycles. The van der Waals surface area contributed by atoms with Gasteiger partial charge in [-0.25, -0.2) is 13.1 Å². The summed E-state index contributed by atoms with van der Waals surface area (Å²) in [4.78, 5) is 11.7. The molecule has 0 radical (unpaired) electrons. The Kier molecular flexibility index (Phi) is 4.94. The maximum atomic E-state index is 11.7. The molecule has 8 heteroatoms. The number of rotatable bonds is 5. The predicted molar refractivity (Wildman–Crippen MR) is 71.0 cm³/mol. The quantitative estimate of drug-likeness (QED) is 0.675. The first kappa shape index (κ1) is 14.7. The average molecular weight is 292 g/mol. The van der Waals surface area contributed by atoms with Crippen LogP contribution in [0.25, 0.3) is 0 Å². The third-order valence-electron chi connectivity index (χ3n) is 2.24. The number of anilines is 1. The van der Waals surface area contributed by atoms with E-state index in [-0.39, 0.29) is 22.9 Å². The third kappa shape index (κ3) is 3.86. The molecule has 1 aromatic rings. The molecule has 1 aromatic carbocycles. The van der Waals surface area contributed by atoms with E-state index in [2.05, 4.69) is 10.0 Å². The Morgan fingerprint density at radius 1 is 1.44 bits per heavy atom. The Hall–Kier alpha value is -1.31. The number of nitrogens with one attached hydrogen (secondary N) is 2. The number of hydrogen-bond donors (Lipinski definition) is 3. The largest absolute Gasteiger partial charge is 0.398 e. The molecule has 1 rings (SSSR count). The summed E-state index contributed by atoms with van der Waals surface area (Å²) in [6, 6.07) is 4.69. The number of halogens is 1. The van der Waals surface area contributed by atoms with Crippen molar-refractivity contribution in [2.75, 3.05) is 25.1 Å². The Morgan fingerprint density at radius 2 is 2.11 bits per heavy atom. The van der Waals surface area contributed by atoms with Crippen molar-refractivity contribution in [1.29, 1.82) is 0 Å². The van der Waals surface area contributed by atoms with E-state index in [9.17, 15) is 13.2 Å². The zero-order valence-electron chi connectivity index (χ0n) is 9.73. The summed E-state index contributed by atoms with van der Waals surface area (Å²) < 4.78 is 24.4. The molecular formula is C10H14ClN3O3S. The van der Waals surface area contributed by atoms with E-state index in [1.54, 1.807) is 12.1 Å². The molecule has 0 saturated carbocycles. The first-order valence-electron chi connectivity index (χ1n) is 5.11. The second-order valence-electron chi connectivity index (χ2n) is 3.49. The Bertz CT molecular complexity index is 545. The molecule has 0 aromatic heterocycles. The van der Waals surface area contributed by atoms with Crippen LogP contribution in [-0.4, -0.2) is 33.7 Å². The fraction of sp³-hybridized carbons (Fsp3) is 0.300. The average Bonchev–Trinajstić information content (AvgIpc) is 2.32. The molecule has 4 N–H and O–H groups in total. The first-order chi connectivity index (χ1) is 8.37. The fourth-order valence-corrected chi connectivity index (χ4v) is 2.01. The van der Waals surface area contributed by atoms with Crippen LogP contribution < -0.4 is 15.8 Å². The van der Waals surface area contributed by atoms with Gasteiger partial charge < -0.3 is 11.1 Å². The van der Waals surface area contributed by atoms with Gasteiger partial charge in [-0.2, -0.15) is 0 Å². The molecule has 0 fully saturated rings. The lowest BCUT2D eigenvalue weighted by molar-refractivity contribution is 0.0956. The highest BCUT2D eigenvalue weighted by atomic mass is 35.5. The van der Waals surface area contributed by atoms with Crippen LogP contribution in [0.4, 0.5) is 5.69 Å². The van der Waals surface area contributed by atoms with Gasteiger partial charge in [-0.05, 0) is 19.2 Å². The highest BCUT2D eigenvalue weighted by Gasteiger charge is 2.13. The van der Waals surface area contributed by atoms with E-state index in [0.717, 1.165) is 0 Å². The van der Waals surface area contributed by atoms with Crippen LogP contribution in [0.1, 0.15) is 10.4 Å². The van der Waals surface area contributed by atoms with E-state index in [0.29, 0.717) is 5.69 Å². The Labute approximate surface area is 111 Å². The van der Waals surface area contributed by atoms with Crippen molar-refractivity contribution in [3.05, 3.63) is 28.8 Å². The minimum Gasteiger partial charge on any atom is -0.398 e. The van der Waals surface area contributed by atoms with Crippen LogP contribution in [0, 0.1) is 0 Å². The number of nitrogen functional groups attached to an aromatic ring is 1. The lowest BCUT2D eigenvalue weighted by Crippen LogP contribution is -2.33. The Balaban J connectivity index is 2.64. The number of nitrogens with two attached hydrogens (primary N) is 1. The van der Waals surface area contributed by atoms with Crippen LogP contribution in [0.5, 0.6) is 0 Å². The smallest absolute Gasteiger partial charge is 0.252 e. The van der Waals surface area contributed by atoms with Crippen molar-refractivity contribution in [3.8, 4) is 0 Å². The van der Waals surface area contributed by atoms with E-state index in [4.69, 9.17) is 17.3 Å². The number of carbonyl (C=O) groups excluding carboxylic acids is 1. The monoisotopic (exact) mass is 291 g/mol. The van der Waals surface area contributed by atoms with Gasteiger partial charge in [0, 0.05) is 6.54 Å². The Morgan fingerprint density at radius 3 is 2.72 bits per heavy atom. The van der Waals surface area contributed by atoms with Gasteiger partial charge in [-0.3, -0.25) is 4.79 Å². The van der Waals surface area contributed by atoms with Gasteiger partial charge >= 0.3 is 0 Å². The van der Waals surface area contributed by atoms with E-state index in [1.165, 1.54) is 13.1 Å². The summed E-state index contributed by atoms with van der Waals surface area (Å²) in [6.07, 6.45) is 0. The molecule has 1 amide bonds. The van der Waals surface area contributed by atoms with Gasteiger partial charge in [-0.1, -0.05) is 17.7 Å². The highest BCUT2D eigenvalue weighted by Crippen LogP contribution is 2.22. The van der Waals surface area contributed by atoms with E-state index < -0.39 is 15.9 Å². The van der Waals surface area contributed by atoms with E-state index in [1.807, 2.05) is 0 Å². The lowest BCUT2D eigenvalue weighted by atomic mass is 10.2. The van der Waals surface area contributed by atoms with Gasteiger partial charge in [0.25, 0.3) is 5.91 Å². The van der Waals surface area contributed by atoms with Crippen LogP contribution in [0.15, 0.2) is 18.2 Å². The molecule has 0 aliphatic rings. The zero-order chi connectivity index (χ0) is 13.8. The van der Waals surface area contributed by atoms with Gasteiger partial charge in [0.15, 0.2) is 0 Å². The first-order valence-corrected chi connectivity index (χ1v) is 7.14. The molecule has 0 saturated heterocycles. The van der Waals surface area contributed by atoms with Crippen LogP contribution in [0.2, 0.25) is 5.02 Å². The SMILES string of the molecule is CNS(=O)(=O)CCNC(=O)c1cccc(N)c1Cl. The number of carbonyl (C=O) groups is 1. The number of sulfonamides is 1. The molecule has 18 heavy (non-hydrogen) atoms. The number of amides is 1. The third-order valence-corrected chi connectivity index (χ3v) is 4.03. The predicted octanol–water partition coefficient (Wildman–Crippen LogP) is 0.201. The summed E-state index contributed by atoms with van der Waals surface area (Å²) in [5.41, 5.74) is 6.08. The zero-order valence-corrected chi connectivity index (χ0v) is 11.3. The molecule has 0 atom stereocenters. The minimum atomic E-state index is -3.34. The van der Waals surface area contributed by atoms with Crippen molar-refractivity contribution in [2.45, 2.75) is 0 Å². The molecule has 6 nitrogen and oxygen atoms in total. The normalized spacial score (nSPS) is 11.2. The van der Waals surface area contributed by atoms with Gasteiger partial charge in [0.1, 0.15) is 0 Å². The van der Waals surface area contributed by atoms with Crippen molar-refractivity contribution in [1.82, 2.24) is 10.0 Å². The molecule has 0 bridgehead atoms. The molecule has 0 aliphatic carbocycles. The maximum absolute atomic E-state index is 11.7. The molecule has 0 spiro atoms. The number of benzene rings is 1. The van der Waals surface area contributed by atoms with Crippen molar-refractivity contribution in [2.24, 2.45) is 0 Å². The summed E-state index contributed by atoms with van der Waals surface area (Å²) >= 11 is 5.87. The second kappa shape index (κ2) is 6.03. The fourth-order valence-electron chi connectivity index (χ4n) is 1.22. The maximum Gasteiger partial charge on any atom is 0.252 e. The summed E-state index contributed by atoms with van der Waals surface area (Å²) in [5.74, 6) is -0.659. The van der Waals surface area contributed by atoms with Crippen LogP contribution in [0.3, 0.4) is 0 Å². The van der Waals surface area contributed by atoms with Crippen LogP contribution in [-0.2, 0) is 10.0 Å². The summed E-state index contributed by atoms with van der Waals surface area (Å²) in [5, 5.41) is 2.62. The summed E-state index contributed by atoms with van der Waals surface area (Å²) in [6.45, 7) is -0.00681. The van der Waals surface area contributed by atoms with Crippen molar-refractivity contribution in [3.63, 3.8) is 0 Å². The van der Waals surface area contributed by atoms with Gasteiger partial charge in [0.05, 0.1) is 22.0 Å². The number of hydrogen-bond acceptors (Lipinski definition) is 4. The molecular weight excluding hydrogens is 278 g/mol. The van der Waals surface area contributed by atoms with E-state index >= 15 is 0 Å². The minimum absolute atomic E-state index is 0.00681. The lowest BCUT2D eigenvalue weighted by Gasteiger charge is -2.08. The molecule has 100 valence electrons. The standard InChI is InChI=1S/C10H14ClN3O3S/c1-13-18(16,17)6-5-14-10(15)7-3-2-4-8(12)9(7)11/h2-4,13H,5-6,12H2,1H3,(H,14,15). The van der Waals surface area contributed by atoms with Crippen molar-refractivity contribution < 1.29 is 13.2 Å². The molecule has 0 heterocycles. The summed E-state index contributed by atoms with van der Waals surface area (Å²) in [7, 11) is -2.03. The van der Waals surface area contributed by atoms with Crippen molar-refractivity contribution >= 4 is 33.2 Å². The highest BCUT2D eigenvalue weighted by molar-refractivity contribution is 7.89. The molecule has 0 unspecified atom stereocenters. The topological polar surface area (TPSA) is 101 Å². The van der Waals surface area contributed by atoms with Gasteiger partial charge in [-0.15, -0.1) is 0 Å². The van der Waals surface area contributed by atoms with Gasteiger partial charge in [0.2, 0.25) is 10.0 Å². The second-order valence-corrected chi connectivity index (χ2v) is 5.91.